The molecule has 1 aromatic heterocycles. The number of aryl methyl sites for hydroxylation is 1. The van der Waals surface area contributed by atoms with Crippen LogP contribution >= 0.6 is 15.9 Å². The molecule has 1 saturated heterocycles. The summed E-state index contributed by atoms with van der Waals surface area (Å²) in [6.07, 6.45) is -0.582. The van der Waals surface area contributed by atoms with Crippen molar-refractivity contribution in [2.75, 3.05) is 44.2 Å². The normalized spacial score (nSPS) is 15.2. The van der Waals surface area contributed by atoms with Crippen LogP contribution in [0.5, 0.6) is 5.75 Å². The van der Waals surface area contributed by atoms with Gasteiger partial charge >= 0.3 is 0 Å². The summed E-state index contributed by atoms with van der Waals surface area (Å²) >= 11 is 3.43. The lowest BCUT2D eigenvalue weighted by molar-refractivity contribution is 0.0663. The molecule has 1 aliphatic heterocycles. The summed E-state index contributed by atoms with van der Waals surface area (Å²) in [6, 6.07) is 23.2. The molecule has 0 radical (unpaired) electrons. The predicted octanol–water partition coefficient (Wildman–Crippen LogP) is 4.02. The van der Waals surface area contributed by atoms with Crippen LogP contribution in [0.1, 0.15) is 5.82 Å². The summed E-state index contributed by atoms with van der Waals surface area (Å²) < 4.78 is 8.28. The van der Waals surface area contributed by atoms with Crippen LogP contribution in [-0.2, 0) is 0 Å². The molecule has 36 heavy (non-hydrogen) atoms. The quantitative estimate of drug-likeness (QED) is 0.376. The number of ether oxygens (including phenoxy) is 1. The Morgan fingerprint density at radius 2 is 1.69 bits per heavy atom. The number of fused-ring (bicyclic) bond motifs is 1. The van der Waals surface area contributed by atoms with Crippen LogP contribution < -0.4 is 15.2 Å². The third kappa shape index (κ3) is 5.46. The first kappa shape index (κ1) is 24.5. The van der Waals surface area contributed by atoms with Gasteiger partial charge in [-0.2, -0.15) is 0 Å². The van der Waals surface area contributed by atoms with Gasteiger partial charge in [0, 0.05) is 42.9 Å². The maximum absolute atomic E-state index is 13.1. The van der Waals surface area contributed by atoms with E-state index in [9.17, 15) is 9.90 Å². The average molecular weight is 549 g/mol. The molecule has 2 heterocycles. The number of hydrogen-bond donors (Lipinski definition) is 1. The van der Waals surface area contributed by atoms with Gasteiger partial charge in [0.05, 0.1) is 16.6 Å². The van der Waals surface area contributed by atoms with Gasteiger partial charge in [0.15, 0.2) is 0 Å². The minimum Gasteiger partial charge on any atom is -0.491 e. The third-order valence-electron chi connectivity index (χ3n) is 6.50. The van der Waals surface area contributed by atoms with Gasteiger partial charge in [-0.05, 0) is 61.5 Å². The highest BCUT2D eigenvalue weighted by Gasteiger charge is 2.20. The fourth-order valence-electron chi connectivity index (χ4n) is 4.63. The second-order valence-corrected chi connectivity index (χ2v) is 9.96. The summed E-state index contributed by atoms with van der Waals surface area (Å²) in [6.45, 7) is 6.31. The number of para-hydroxylation sites is 1. The number of aliphatic hydroxyl groups excluding tert-OH is 1. The lowest BCUT2D eigenvalue weighted by Crippen LogP contribution is -2.49. The Morgan fingerprint density at radius 1 is 0.972 bits per heavy atom. The SMILES string of the molecule is Cc1nc2ccc(Br)cc2c(=O)n1-c1ccc(OCC(O)CN2CCN(c3ccccc3)CC2)cc1. The van der Waals surface area contributed by atoms with E-state index < -0.39 is 6.10 Å². The molecule has 1 aliphatic rings. The second kappa shape index (κ2) is 10.8. The van der Waals surface area contributed by atoms with Crippen LogP contribution in [0.2, 0.25) is 0 Å². The highest BCUT2D eigenvalue weighted by atomic mass is 79.9. The third-order valence-corrected chi connectivity index (χ3v) is 6.99. The van der Waals surface area contributed by atoms with Crippen LogP contribution in [0, 0.1) is 6.92 Å². The summed E-state index contributed by atoms with van der Waals surface area (Å²) in [4.78, 5) is 22.4. The number of rotatable bonds is 7. The zero-order valence-electron chi connectivity index (χ0n) is 20.2. The Kier molecular flexibility index (Phi) is 7.36. The van der Waals surface area contributed by atoms with E-state index in [4.69, 9.17) is 4.74 Å². The molecule has 3 aromatic carbocycles. The van der Waals surface area contributed by atoms with Crippen molar-refractivity contribution in [2.24, 2.45) is 0 Å². The first-order valence-electron chi connectivity index (χ1n) is 12.1. The van der Waals surface area contributed by atoms with E-state index >= 15 is 0 Å². The number of hydrogen-bond acceptors (Lipinski definition) is 6. The van der Waals surface area contributed by atoms with E-state index in [1.54, 1.807) is 10.6 Å². The van der Waals surface area contributed by atoms with Crippen LogP contribution in [-0.4, -0.2) is 65.0 Å². The first-order chi connectivity index (χ1) is 17.5. The smallest absolute Gasteiger partial charge is 0.265 e. The molecule has 0 amide bonds. The molecular weight excluding hydrogens is 520 g/mol. The molecule has 1 N–H and O–H groups in total. The van der Waals surface area contributed by atoms with E-state index in [-0.39, 0.29) is 12.2 Å². The molecule has 4 aromatic rings. The van der Waals surface area contributed by atoms with Crippen molar-refractivity contribution in [3.05, 3.63) is 93.4 Å². The molecule has 5 rings (SSSR count). The topological polar surface area (TPSA) is 70.8 Å². The van der Waals surface area contributed by atoms with Crippen molar-refractivity contribution in [2.45, 2.75) is 13.0 Å². The Hall–Kier alpha value is -3.20. The molecule has 0 aliphatic carbocycles. The number of anilines is 1. The molecule has 0 spiro atoms. The van der Waals surface area contributed by atoms with Crippen molar-refractivity contribution in [1.29, 1.82) is 0 Å². The molecule has 1 unspecified atom stereocenters. The van der Waals surface area contributed by atoms with Crippen molar-refractivity contribution in [3.63, 3.8) is 0 Å². The fraction of sp³-hybridized carbons (Fsp3) is 0.286. The maximum Gasteiger partial charge on any atom is 0.265 e. The van der Waals surface area contributed by atoms with E-state index in [1.807, 2.05) is 49.4 Å². The monoisotopic (exact) mass is 548 g/mol. The molecule has 1 fully saturated rings. The summed E-state index contributed by atoms with van der Waals surface area (Å²) in [5.74, 6) is 1.26. The highest BCUT2D eigenvalue weighted by Crippen LogP contribution is 2.20. The van der Waals surface area contributed by atoms with Gasteiger partial charge in [0.1, 0.15) is 24.3 Å². The lowest BCUT2D eigenvalue weighted by atomic mass is 10.2. The first-order valence-corrected chi connectivity index (χ1v) is 12.9. The zero-order valence-corrected chi connectivity index (χ0v) is 21.8. The van der Waals surface area contributed by atoms with E-state index in [0.29, 0.717) is 29.0 Å². The molecule has 0 bridgehead atoms. The number of β-amino-alcohol motifs (C(OH)–C–C–N with tert-alkyl or cyclic N) is 1. The molecule has 0 saturated carbocycles. The standard InChI is InChI=1S/C28H29BrN4O3/c1-20-30-27-12-7-21(29)17-26(27)28(35)33(20)23-8-10-25(11-9-23)36-19-24(34)18-31-13-15-32(16-14-31)22-5-3-2-4-6-22/h2-12,17,24,34H,13-16,18-19H2,1H3. The van der Waals surface area contributed by atoms with Gasteiger partial charge in [-0.15, -0.1) is 0 Å². The number of nitrogens with zero attached hydrogens (tertiary/aromatic N) is 4. The van der Waals surface area contributed by atoms with Crippen molar-refractivity contribution < 1.29 is 9.84 Å². The van der Waals surface area contributed by atoms with Crippen LogP contribution in [0.25, 0.3) is 16.6 Å². The zero-order chi connectivity index (χ0) is 25.1. The summed E-state index contributed by atoms with van der Waals surface area (Å²) in [5.41, 5.74) is 2.52. The van der Waals surface area contributed by atoms with Gasteiger partial charge in [-0.25, -0.2) is 4.98 Å². The second-order valence-electron chi connectivity index (χ2n) is 9.04. The lowest BCUT2D eigenvalue weighted by Gasteiger charge is -2.36. The summed E-state index contributed by atoms with van der Waals surface area (Å²) in [7, 11) is 0. The van der Waals surface area contributed by atoms with E-state index in [0.717, 1.165) is 36.3 Å². The molecule has 1 atom stereocenters. The largest absolute Gasteiger partial charge is 0.491 e. The van der Waals surface area contributed by atoms with Crippen molar-refractivity contribution in [3.8, 4) is 11.4 Å². The van der Waals surface area contributed by atoms with E-state index in [2.05, 4.69) is 55.0 Å². The average Bonchev–Trinajstić information content (AvgIpc) is 2.90. The number of halogens is 1. The van der Waals surface area contributed by atoms with Gasteiger partial charge in [-0.3, -0.25) is 14.3 Å². The molecule has 7 nitrogen and oxygen atoms in total. The van der Waals surface area contributed by atoms with Crippen LogP contribution in [0.4, 0.5) is 5.69 Å². The highest BCUT2D eigenvalue weighted by molar-refractivity contribution is 9.10. The molecular formula is C28H29BrN4O3. The van der Waals surface area contributed by atoms with Crippen molar-refractivity contribution >= 4 is 32.5 Å². The Morgan fingerprint density at radius 3 is 2.42 bits per heavy atom. The van der Waals surface area contributed by atoms with E-state index in [1.165, 1.54) is 5.69 Å². The Bertz CT molecular complexity index is 1380. The van der Waals surface area contributed by atoms with Gasteiger partial charge < -0.3 is 14.7 Å². The number of aliphatic hydroxyl groups is 1. The van der Waals surface area contributed by atoms with Gasteiger partial charge in [-0.1, -0.05) is 34.1 Å². The number of benzene rings is 3. The van der Waals surface area contributed by atoms with Crippen molar-refractivity contribution in [1.82, 2.24) is 14.5 Å². The van der Waals surface area contributed by atoms with Gasteiger partial charge in [0.25, 0.3) is 5.56 Å². The minimum atomic E-state index is -0.582. The maximum atomic E-state index is 13.1. The predicted molar refractivity (Wildman–Crippen MR) is 146 cm³/mol. The minimum absolute atomic E-state index is 0.116. The Balaban J connectivity index is 1.17. The van der Waals surface area contributed by atoms with Gasteiger partial charge in [0.2, 0.25) is 0 Å². The number of piperazine rings is 1. The molecule has 8 heteroatoms. The van der Waals surface area contributed by atoms with Crippen LogP contribution in [0.15, 0.2) is 82.1 Å². The van der Waals surface area contributed by atoms with Crippen LogP contribution in [0.3, 0.4) is 0 Å². The molecule has 186 valence electrons. The Labute approximate surface area is 218 Å². The fourth-order valence-corrected chi connectivity index (χ4v) is 5.00. The summed E-state index contributed by atoms with van der Waals surface area (Å²) in [5, 5.41) is 11.1. The number of aromatic nitrogens is 2.